The third kappa shape index (κ3) is 4.02. The molecule has 0 saturated carbocycles. The molecule has 0 fully saturated rings. The number of hydrogen-bond acceptors (Lipinski definition) is 3. The summed E-state index contributed by atoms with van der Waals surface area (Å²) < 4.78 is 12.8. The number of aromatic nitrogens is 2. The monoisotopic (exact) mass is 273 g/mol. The molecule has 0 radical (unpaired) electrons. The topological polar surface area (TPSA) is 37.8 Å². The summed E-state index contributed by atoms with van der Waals surface area (Å²) >= 11 is 0. The number of anilines is 1. The molecule has 1 aromatic heterocycles. The minimum atomic E-state index is -0.203. The van der Waals surface area contributed by atoms with Gasteiger partial charge in [0.2, 0.25) is 5.95 Å². The number of rotatable bonds is 5. The summed E-state index contributed by atoms with van der Waals surface area (Å²) in [5.41, 5.74) is 3.10. The lowest BCUT2D eigenvalue weighted by Crippen LogP contribution is -2.10. The van der Waals surface area contributed by atoms with Crippen molar-refractivity contribution < 1.29 is 4.39 Å². The van der Waals surface area contributed by atoms with E-state index in [0.29, 0.717) is 11.9 Å². The van der Waals surface area contributed by atoms with Crippen LogP contribution in [0, 0.1) is 12.7 Å². The lowest BCUT2D eigenvalue weighted by Gasteiger charge is -2.10. The van der Waals surface area contributed by atoms with Crippen LogP contribution >= 0.6 is 0 Å². The maximum atomic E-state index is 12.8. The van der Waals surface area contributed by atoms with E-state index in [9.17, 15) is 4.39 Å². The smallest absolute Gasteiger partial charge is 0.223 e. The van der Waals surface area contributed by atoms with Gasteiger partial charge < -0.3 is 5.32 Å². The predicted octanol–water partition coefficient (Wildman–Crippen LogP) is 3.70. The van der Waals surface area contributed by atoms with E-state index < -0.39 is 0 Å². The second-order valence-corrected chi connectivity index (χ2v) is 5.22. The van der Waals surface area contributed by atoms with Crippen LogP contribution in [0.15, 0.2) is 30.3 Å². The van der Waals surface area contributed by atoms with Crippen molar-refractivity contribution in [3.8, 4) is 0 Å². The molecule has 0 atom stereocenters. The number of hydrogen-bond donors (Lipinski definition) is 1. The van der Waals surface area contributed by atoms with Crippen LogP contribution in [0.3, 0.4) is 0 Å². The van der Waals surface area contributed by atoms with E-state index >= 15 is 0 Å². The fourth-order valence-corrected chi connectivity index (χ4v) is 1.94. The Bertz CT molecular complexity index is 564. The van der Waals surface area contributed by atoms with Crippen molar-refractivity contribution in [3.05, 3.63) is 53.1 Å². The number of aryl methyl sites for hydroxylation is 1. The molecular weight excluding hydrogens is 253 g/mol. The van der Waals surface area contributed by atoms with E-state index in [4.69, 9.17) is 0 Å². The van der Waals surface area contributed by atoms with Gasteiger partial charge in [-0.3, -0.25) is 0 Å². The fourth-order valence-electron chi connectivity index (χ4n) is 1.94. The summed E-state index contributed by atoms with van der Waals surface area (Å²) in [6, 6.07) is 8.57. The molecule has 106 valence electrons. The molecule has 0 unspecified atom stereocenters. The van der Waals surface area contributed by atoms with Crippen molar-refractivity contribution in [2.24, 2.45) is 0 Å². The van der Waals surface area contributed by atoms with E-state index in [0.717, 1.165) is 29.9 Å². The molecule has 0 aliphatic carbocycles. The average molecular weight is 273 g/mol. The number of halogens is 1. The number of nitrogens with zero attached hydrogens (tertiary/aromatic N) is 2. The third-order valence-corrected chi connectivity index (χ3v) is 3.08. The molecular formula is C16H20FN3. The van der Waals surface area contributed by atoms with Crippen molar-refractivity contribution in [2.45, 2.75) is 33.1 Å². The minimum absolute atomic E-state index is 0.203. The molecule has 2 aromatic rings. The average Bonchev–Trinajstić information content (AvgIpc) is 2.40. The highest BCUT2D eigenvalue weighted by atomic mass is 19.1. The Kier molecular flexibility index (Phi) is 4.66. The number of benzene rings is 1. The predicted molar refractivity (Wildman–Crippen MR) is 79.5 cm³/mol. The molecule has 4 heteroatoms. The van der Waals surface area contributed by atoms with Crippen LogP contribution < -0.4 is 5.32 Å². The Morgan fingerprint density at radius 3 is 2.50 bits per heavy atom. The molecule has 3 nitrogen and oxygen atoms in total. The second kappa shape index (κ2) is 6.46. The van der Waals surface area contributed by atoms with Crippen molar-refractivity contribution in [1.29, 1.82) is 0 Å². The van der Waals surface area contributed by atoms with Crippen LogP contribution in [0.1, 0.15) is 36.7 Å². The second-order valence-electron chi connectivity index (χ2n) is 5.22. The maximum absolute atomic E-state index is 12.8. The van der Waals surface area contributed by atoms with E-state index in [2.05, 4.69) is 29.1 Å². The van der Waals surface area contributed by atoms with Gasteiger partial charge in [0.1, 0.15) is 5.82 Å². The van der Waals surface area contributed by atoms with E-state index in [-0.39, 0.29) is 5.82 Å². The Morgan fingerprint density at radius 1 is 1.15 bits per heavy atom. The van der Waals surface area contributed by atoms with Gasteiger partial charge in [0.25, 0.3) is 0 Å². The summed E-state index contributed by atoms with van der Waals surface area (Å²) in [5, 5.41) is 3.23. The molecule has 1 heterocycles. The molecule has 0 aliphatic heterocycles. The summed E-state index contributed by atoms with van der Waals surface area (Å²) in [4.78, 5) is 8.88. The highest BCUT2D eigenvalue weighted by Gasteiger charge is 2.05. The van der Waals surface area contributed by atoms with E-state index in [1.807, 2.05) is 13.0 Å². The van der Waals surface area contributed by atoms with Crippen LogP contribution in [0.4, 0.5) is 10.3 Å². The van der Waals surface area contributed by atoms with Crippen LogP contribution in [-0.4, -0.2) is 16.5 Å². The van der Waals surface area contributed by atoms with Gasteiger partial charge in [-0.05, 0) is 43.0 Å². The first-order valence-corrected chi connectivity index (χ1v) is 6.88. The lowest BCUT2D eigenvalue weighted by atomic mass is 10.1. The van der Waals surface area contributed by atoms with E-state index in [1.165, 1.54) is 12.1 Å². The summed E-state index contributed by atoms with van der Waals surface area (Å²) in [6.07, 6.45) is 0.814. The largest absolute Gasteiger partial charge is 0.354 e. The Hall–Kier alpha value is -1.97. The highest BCUT2D eigenvalue weighted by Crippen LogP contribution is 2.14. The van der Waals surface area contributed by atoms with Gasteiger partial charge in [0, 0.05) is 17.9 Å². The molecule has 0 saturated heterocycles. The fraction of sp³-hybridized carbons (Fsp3) is 0.375. The van der Waals surface area contributed by atoms with Gasteiger partial charge in [0.05, 0.1) is 0 Å². The van der Waals surface area contributed by atoms with Gasteiger partial charge in [-0.25, -0.2) is 14.4 Å². The molecule has 20 heavy (non-hydrogen) atoms. The van der Waals surface area contributed by atoms with E-state index in [1.54, 1.807) is 12.1 Å². The zero-order valence-corrected chi connectivity index (χ0v) is 12.2. The minimum Gasteiger partial charge on any atom is -0.354 e. The zero-order valence-electron chi connectivity index (χ0n) is 12.2. The zero-order chi connectivity index (χ0) is 14.5. The van der Waals surface area contributed by atoms with Crippen LogP contribution in [0.25, 0.3) is 0 Å². The first-order chi connectivity index (χ1) is 9.54. The number of nitrogens with one attached hydrogen (secondary N) is 1. The highest BCUT2D eigenvalue weighted by molar-refractivity contribution is 5.29. The Morgan fingerprint density at radius 2 is 1.85 bits per heavy atom. The van der Waals surface area contributed by atoms with Crippen molar-refractivity contribution in [3.63, 3.8) is 0 Å². The normalized spacial score (nSPS) is 10.8. The standard InChI is InChI=1S/C16H20FN3/c1-11(2)15-10-12(3)19-16(20-15)18-9-8-13-4-6-14(17)7-5-13/h4-7,10-11H,8-9H2,1-3H3,(H,18,19,20). The Balaban J connectivity index is 1.95. The summed E-state index contributed by atoms with van der Waals surface area (Å²) in [6.45, 7) is 6.93. The van der Waals surface area contributed by atoms with Crippen molar-refractivity contribution in [2.75, 3.05) is 11.9 Å². The molecule has 1 N–H and O–H groups in total. The van der Waals surface area contributed by atoms with Gasteiger partial charge in [-0.2, -0.15) is 0 Å². The molecule has 2 rings (SSSR count). The SMILES string of the molecule is Cc1cc(C(C)C)nc(NCCc2ccc(F)cc2)n1. The maximum Gasteiger partial charge on any atom is 0.223 e. The van der Waals surface area contributed by atoms with Crippen LogP contribution in [-0.2, 0) is 6.42 Å². The molecule has 0 bridgehead atoms. The Labute approximate surface area is 119 Å². The van der Waals surface area contributed by atoms with Crippen molar-refractivity contribution in [1.82, 2.24) is 9.97 Å². The summed E-state index contributed by atoms with van der Waals surface area (Å²) in [5.74, 6) is 0.843. The molecule has 1 aromatic carbocycles. The van der Waals surface area contributed by atoms with Crippen LogP contribution in [0.2, 0.25) is 0 Å². The van der Waals surface area contributed by atoms with Gasteiger partial charge >= 0.3 is 0 Å². The van der Waals surface area contributed by atoms with Crippen LogP contribution in [0.5, 0.6) is 0 Å². The third-order valence-electron chi connectivity index (χ3n) is 3.08. The lowest BCUT2D eigenvalue weighted by molar-refractivity contribution is 0.627. The molecule has 0 spiro atoms. The van der Waals surface area contributed by atoms with Gasteiger partial charge in [-0.15, -0.1) is 0 Å². The summed E-state index contributed by atoms with van der Waals surface area (Å²) in [7, 11) is 0. The molecule has 0 amide bonds. The quantitative estimate of drug-likeness (QED) is 0.902. The molecule has 0 aliphatic rings. The van der Waals surface area contributed by atoms with Gasteiger partial charge in [0.15, 0.2) is 0 Å². The first kappa shape index (κ1) is 14.4. The first-order valence-electron chi connectivity index (χ1n) is 6.88. The van der Waals surface area contributed by atoms with Crippen molar-refractivity contribution >= 4 is 5.95 Å². The van der Waals surface area contributed by atoms with Gasteiger partial charge in [-0.1, -0.05) is 26.0 Å².